The van der Waals surface area contributed by atoms with E-state index in [0.29, 0.717) is 27.7 Å². The second-order valence-corrected chi connectivity index (χ2v) is 5.07. The van der Waals surface area contributed by atoms with Gasteiger partial charge >= 0.3 is 0 Å². The molecule has 0 aliphatic carbocycles. The Balaban J connectivity index is 2.05. The molecule has 0 unspecified atom stereocenters. The Kier molecular flexibility index (Phi) is 3.05. The van der Waals surface area contributed by atoms with Gasteiger partial charge in [0.1, 0.15) is 16.8 Å². The molecule has 0 fully saturated rings. The summed E-state index contributed by atoms with van der Waals surface area (Å²) in [6, 6.07) is 8.15. The van der Waals surface area contributed by atoms with Crippen molar-refractivity contribution in [2.75, 3.05) is 0 Å². The van der Waals surface area contributed by atoms with E-state index in [-0.39, 0.29) is 5.82 Å². The smallest absolute Gasteiger partial charge is 0.269 e. The van der Waals surface area contributed by atoms with Gasteiger partial charge in [0.05, 0.1) is 5.56 Å². The molecule has 2 aromatic heterocycles. The molecule has 0 aliphatic rings. The second-order valence-electron chi connectivity index (χ2n) is 4.16. The molecule has 0 atom stereocenters. The van der Waals surface area contributed by atoms with Gasteiger partial charge in [-0.3, -0.25) is 0 Å². The molecule has 0 bridgehead atoms. The first-order valence-corrected chi connectivity index (χ1v) is 6.65. The Hall–Kier alpha value is -2.52. The van der Waals surface area contributed by atoms with E-state index in [2.05, 4.69) is 16.2 Å². The van der Waals surface area contributed by atoms with Crippen molar-refractivity contribution in [3.8, 4) is 28.2 Å². The number of nitrogens with zero attached hydrogens (tertiary/aromatic N) is 3. The normalized spacial score (nSPS) is 10.4. The first kappa shape index (κ1) is 12.5. The zero-order chi connectivity index (χ0) is 14.1. The van der Waals surface area contributed by atoms with Gasteiger partial charge in [0, 0.05) is 5.56 Å². The molecule has 0 saturated carbocycles. The Morgan fingerprint density at radius 2 is 2.20 bits per heavy atom. The Morgan fingerprint density at radius 1 is 1.35 bits per heavy atom. The summed E-state index contributed by atoms with van der Waals surface area (Å²) in [6.45, 7) is 1.78. The quantitative estimate of drug-likeness (QED) is 0.718. The first-order chi connectivity index (χ1) is 9.69. The topological polar surface area (TPSA) is 62.7 Å². The fourth-order valence-electron chi connectivity index (χ4n) is 1.87. The number of aromatic nitrogens is 2. The van der Waals surface area contributed by atoms with E-state index in [1.165, 1.54) is 23.5 Å². The van der Waals surface area contributed by atoms with Gasteiger partial charge in [0.25, 0.3) is 5.89 Å². The molecular formula is C14H8FN3OS. The van der Waals surface area contributed by atoms with Crippen LogP contribution in [0.25, 0.3) is 22.2 Å². The van der Waals surface area contributed by atoms with Crippen LogP contribution in [0.2, 0.25) is 0 Å². The van der Waals surface area contributed by atoms with Crippen LogP contribution < -0.4 is 0 Å². The number of rotatable bonds is 2. The lowest BCUT2D eigenvalue weighted by Gasteiger charge is -1.99. The van der Waals surface area contributed by atoms with Crippen LogP contribution in [0.4, 0.5) is 4.39 Å². The highest BCUT2D eigenvalue weighted by Gasteiger charge is 2.16. The van der Waals surface area contributed by atoms with Crippen molar-refractivity contribution in [2.24, 2.45) is 0 Å². The van der Waals surface area contributed by atoms with Gasteiger partial charge in [-0.25, -0.2) is 4.39 Å². The fraction of sp³-hybridized carbons (Fsp3) is 0.0714. The van der Waals surface area contributed by atoms with Crippen LogP contribution in [0.1, 0.15) is 11.1 Å². The van der Waals surface area contributed by atoms with E-state index >= 15 is 0 Å². The number of hydrogen-bond acceptors (Lipinski definition) is 5. The molecule has 0 amide bonds. The third-order valence-corrected chi connectivity index (χ3v) is 3.74. The summed E-state index contributed by atoms with van der Waals surface area (Å²) in [6.07, 6.45) is 0. The lowest BCUT2D eigenvalue weighted by molar-refractivity contribution is 0.433. The van der Waals surface area contributed by atoms with E-state index in [9.17, 15) is 4.39 Å². The van der Waals surface area contributed by atoms with Crippen molar-refractivity contribution >= 4 is 11.3 Å². The highest BCUT2D eigenvalue weighted by atomic mass is 32.1. The van der Waals surface area contributed by atoms with Gasteiger partial charge in [0.2, 0.25) is 5.82 Å². The number of hydrogen-bond donors (Lipinski definition) is 0. The van der Waals surface area contributed by atoms with Crippen LogP contribution in [0, 0.1) is 24.1 Å². The van der Waals surface area contributed by atoms with Crippen LogP contribution in [0.3, 0.4) is 0 Å². The predicted octanol–water partition coefficient (Wildman–Crippen LogP) is 3.78. The van der Waals surface area contributed by atoms with Crippen LogP contribution in [-0.2, 0) is 0 Å². The summed E-state index contributed by atoms with van der Waals surface area (Å²) < 4.78 is 18.3. The van der Waals surface area contributed by atoms with E-state index < -0.39 is 0 Å². The third-order valence-electron chi connectivity index (χ3n) is 2.84. The van der Waals surface area contributed by atoms with Gasteiger partial charge in [-0.05, 0) is 42.1 Å². The molecule has 98 valence electrons. The molecule has 2 heterocycles. The van der Waals surface area contributed by atoms with Gasteiger partial charge in [-0.2, -0.15) is 10.2 Å². The van der Waals surface area contributed by atoms with Gasteiger partial charge in [-0.1, -0.05) is 5.16 Å². The molecule has 1 aromatic carbocycles. The number of aryl methyl sites for hydroxylation is 1. The van der Waals surface area contributed by atoms with E-state index in [1.807, 2.05) is 0 Å². The molecule has 4 nitrogen and oxygen atoms in total. The number of halogens is 1. The molecule has 6 heteroatoms. The average molecular weight is 285 g/mol. The molecule has 20 heavy (non-hydrogen) atoms. The first-order valence-electron chi connectivity index (χ1n) is 5.77. The zero-order valence-corrected chi connectivity index (χ0v) is 11.2. The molecule has 3 aromatic rings. The lowest BCUT2D eigenvalue weighted by atomic mass is 10.1. The van der Waals surface area contributed by atoms with Crippen LogP contribution in [-0.4, -0.2) is 10.1 Å². The maximum absolute atomic E-state index is 13.1. The summed E-state index contributed by atoms with van der Waals surface area (Å²) in [4.78, 5) is 4.93. The Bertz CT molecular complexity index is 816. The van der Waals surface area contributed by atoms with E-state index in [4.69, 9.17) is 9.78 Å². The summed E-state index contributed by atoms with van der Waals surface area (Å²) >= 11 is 1.36. The molecule has 0 radical (unpaired) electrons. The predicted molar refractivity (Wildman–Crippen MR) is 72.5 cm³/mol. The van der Waals surface area contributed by atoms with Gasteiger partial charge < -0.3 is 4.52 Å². The average Bonchev–Trinajstić information content (AvgIpc) is 3.06. The molecule has 0 N–H and O–H groups in total. The SMILES string of the molecule is Cc1cc(F)ccc1-c1noc(-c2sccc2C#N)n1. The van der Waals surface area contributed by atoms with E-state index in [1.54, 1.807) is 24.4 Å². The Morgan fingerprint density at radius 3 is 2.95 bits per heavy atom. The highest BCUT2D eigenvalue weighted by Crippen LogP contribution is 2.30. The maximum Gasteiger partial charge on any atom is 0.269 e. The molecule has 0 aliphatic heterocycles. The van der Waals surface area contributed by atoms with Gasteiger partial charge in [-0.15, -0.1) is 11.3 Å². The molecule has 3 rings (SSSR count). The fourth-order valence-corrected chi connectivity index (χ4v) is 2.63. The summed E-state index contributed by atoms with van der Waals surface area (Å²) in [5.41, 5.74) is 1.93. The molecule has 0 spiro atoms. The lowest BCUT2D eigenvalue weighted by Crippen LogP contribution is -1.87. The summed E-state index contributed by atoms with van der Waals surface area (Å²) in [5.74, 6) is 0.380. The van der Waals surface area contributed by atoms with Crippen LogP contribution in [0.15, 0.2) is 34.2 Å². The van der Waals surface area contributed by atoms with Crippen molar-refractivity contribution in [3.63, 3.8) is 0 Å². The number of benzene rings is 1. The van der Waals surface area contributed by atoms with Crippen LogP contribution in [0.5, 0.6) is 0 Å². The van der Waals surface area contributed by atoms with Gasteiger partial charge in [0.15, 0.2) is 0 Å². The molecule has 0 saturated heterocycles. The van der Waals surface area contributed by atoms with Crippen molar-refractivity contribution in [2.45, 2.75) is 6.92 Å². The van der Waals surface area contributed by atoms with Crippen molar-refractivity contribution in [1.82, 2.24) is 10.1 Å². The van der Waals surface area contributed by atoms with E-state index in [0.717, 1.165) is 5.56 Å². The monoisotopic (exact) mass is 285 g/mol. The highest BCUT2D eigenvalue weighted by molar-refractivity contribution is 7.13. The minimum Gasteiger partial charge on any atom is -0.333 e. The third kappa shape index (κ3) is 2.08. The molecular weight excluding hydrogens is 277 g/mol. The van der Waals surface area contributed by atoms with Crippen LogP contribution >= 0.6 is 11.3 Å². The minimum absolute atomic E-state index is 0.301. The zero-order valence-electron chi connectivity index (χ0n) is 10.4. The van der Waals surface area contributed by atoms with Crippen molar-refractivity contribution in [1.29, 1.82) is 5.26 Å². The van der Waals surface area contributed by atoms with Crippen molar-refractivity contribution in [3.05, 3.63) is 46.6 Å². The Labute approximate surface area is 118 Å². The summed E-state index contributed by atoms with van der Waals surface area (Å²) in [5, 5.41) is 14.7. The standard InChI is InChI=1S/C14H8FN3OS/c1-8-6-10(15)2-3-11(8)13-17-14(19-18-13)12-9(7-16)4-5-20-12/h2-6H,1H3. The number of nitriles is 1. The summed E-state index contributed by atoms with van der Waals surface area (Å²) in [7, 11) is 0. The largest absolute Gasteiger partial charge is 0.333 e. The number of thiophene rings is 1. The maximum atomic E-state index is 13.1. The minimum atomic E-state index is -0.306. The van der Waals surface area contributed by atoms with Crippen molar-refractivity contribution < 1.29 is 8.91 Å². The second kappa shape index (κ2) is 4.87.